The molecule has 106 valence electrons. The molecule has 3 rings (SSSR count). The summed E-state index contributed by atoms with van der Waals surface area (Å²) < 4.78 is 0. The van der Waals surface area contributed by atoms with Gasteiger partial charge in [0.15, 0.2) is 0 Å². The average Bonchev–Trinajstić information content (AvgIpc) is 2.89. The summed E-state index contributed by atoms with van der Waals surface area (Å²) in [7, 11) is 0. The van der Waals surface area contributed by atoms with Crippen molar-refractivity contribution in [2.24, 2.45) is 5.10 Å². The third-order valence-electron chi connectivity index (χ3n) is 4.13. The lowest BCUT2D eigenvalue weighted by Gasteiger charge is -2.16. The predicted octanol–water partition coefficient (Wildman–Crippen LogP) is 3.33. The van der Waals surface area contributed by atoms with Crippen LogP contribution >= 0.6 is 0 Å². The molecule has 1 aliphatic heterocycles. The Hall–Kier alpha value is -1.84. The van der Waals surface area contributed by atoms with Crippen molar-refractivity contribution in [3.05, 3.63) is 23.8 Å². The number of hydrogen-bond acceptors (Lipinski definition) is 3. The second-order valence-corrected chi connectivity index (χ2v) is 5.61. The fourth-order valence-corrected chi connectivity index (χ4v) is 2.99. The maximum absolute atomic E-state index is 11.6. The van der Waals surface area contributed by atoms with Crippen LogP contribution in [0.2, 0.25) is 0 Å². The van der Waals surface area contributed by atoms with Crippen molar-refractivity contribution in [1.29, 1.82) is 0 Å². The Labute approximate surface area is 119 Å². The van der Waals surface area contributed by atoms with Gasteiger partial charge in [0, 0.05) is 24.9 Å². The molecule has 4 nitrogen and oxygen atoms in total. The normalized spacial score (nSPS) is 17.9. The van der Waals surface area contributed by atoms with E-state index in [1.54, 1.807) is 6.92 Å². The van der Waals surface area contributed by atoms with E-state index in [9.17, 15) is 4.79 Å². The van der Waals surface area contributed by atoms with Crippen molar-refractivity contribution in [3.8, 4) is 0 Å². The van der Waals surface area contributed by atoms with E-state index in [0.717, 1.165) is 37.2 Å². The number of anilines is 2. The van der Waals surface area contributed by atoms with Crippen LogP contribution in [0.3, 0.4) is 0 Å². The highest BCUT2D eigenvalue weighted by molar-refractivity contribution is 5.94. The Bertz CT molecular complexity index is 543. The molecule has 0 radical (unpaired) electrons. The molecule has 0 unspecified atom stereocenters. The molecule has 1 heterocycles. The first-order chi connectivity index (χ1) is 9.74. The number of nitrogens with zero attached hydrogens (tertiary/aromatic N) is 2. The van der Waals surface area contributed by atoms with Gasteiger partial charge in [0.2, 0.25) is 5.91 Å². The molecule has 1 aliphatic carbocycles. The number of rotatable bonds is 2. The summed E-state index contributed by atoms with van der Waals surface area (Å²) in [5.41, 5.74) is 7.67. The number of fused-ring (bicyclic) bond motifs is 1. The Morgan fingerprint density at radius 1 is 1.20 bits per heavy atom. The van der Waals surface area contributed by atoms with Gasteiger partial charge in [-0.25, -0.2) is 0 Å². The van der Waals surface area contributed by atoms with E-state index in [1.165, 1.54) is 30.5 Å². The standard InChI is InChI=1S/C16H21N3O/c1-12(20)19-10-9-13-7-8-15(11-16(13)19)18-17-14-5-3-2-4-6-14/h7-8,11,18H,2-6,9-10H2,1H3. The minimum atomic E-state index is 0.111. The summed E-state index contributed by atoms with van der Waals surface area (Å²) in [5.74, 6) is 0.111. The van der Waals surface area contributed by atoms with Crippen molar-refractivity contribution in [1.82, 2.24) is 0 Å². The van der Waals surface area contributed by atoms with Gasteiger partial charge < -0.3 is 4.90 Å². The van der Waals surface area contributed by atoms with Gasteiger partial charge in [-0.1, -0.05) is 12.5 Å². The molecule has 0 aromatic heterocycles. The molecule has 0 atom stereocenters. The van der Waals surface area contributed by atoms with Crippen molar-refractivity contribution < 1.29 is 4.79 Å². The van der Waals surface area contributed by atoms with Gasteiger partial charge in [-0.05, 0) is 49.8 Å². The van der Waals surface area contributed by atoms with Crippen molar-refractivity contribution >= 4 is 23.0 Å². The van der Waals surface area contributed by atoms with Crippen molar-refractivity contribution in [3.63, 3.8) is 0 Å². The molecule has 1 aromatic carbocycles. The van der Waals surface area contributed by atoms with Crippen LogP contribution in [-0.2, 0) is 11.2 Å². The molecule has 2 aliphatic rings. The monoisotopic (exact) mass is 271 g/mol. The maximum atomic E-state index is 11.6. The molecule has 20 heavy (non-hydrogen) atoms. The highest BCUT2D eigenvalue weighted by Gasteiger charge is 2.22. The fourth-order valence-electron chi connectivity index (χ4n) is 2.99. The van der Waals surface area contributed by atoms with E-state index in [4.69, 9.17) is 0 Å². The Balaban J connectivity index is 1.75. The third kappa shape index (κ3) is 2.69. The number of carbonyl (C=O) groups is 1. The van der Waals surface area contributed by atoms with Crippen LogP contribution in [0.25, 0.3) is 0 Å². The molecule has 4 heteroatoms. The summed E-state index contributed by atoms with van der Waals surface area (Å²) in [6, 6.07) is 6.19. The van der Waals surface area contributed by atoms with E-state index in [2.05, 4.69) is 22.7 Å². The smallest absolute Gasteiger partial charge is 0.223 e. The van der Waals surface area contributed by atoms with Crippen molar-refractivity contribution in [2.45, 2.75) is 45.4 Å². The summed E-state index contributed by atoms with van der Waals surface area (Å²) in [6.45, 7) is 2.42. The van der Waals surface area contributed by atoms with E-state index in [0.29, 0.717) is 0 Å². The largest absolute Gasteiger partial charge is 0.312 e. The molecule has 1 saturated carbocycles. The van der Waals surface area contributed by atoms with Crippen LogP contribution in [0.4, 0.5) is 11.4 Å². The van der Waals surface area contributed by atoms with Gasteiger partial charge in [-0.3, -0.25) is 10.2 Å². The van der Waals surface area contributed by atoms with Crippen molar-refractivity contribution in [2.75, 3.05) is 16.9 Å². The first kappa shape index (κ1) is 13.2. The Morgan fingerprint density at radius 2 is 2.00 bits per heavy atom. The van der Waals surface area contributed by atoms with Gasteiger partial charge in [0.25, 0.3) is 0 Å². The minimum Gasteiger partial charge on any atom is -0.312 e. The van der Waals surface area contributed by atoms with E-state index < -0.39 is 0 Å². The Kier molecular flexibility index (Phi) is 3.72. The van der Waals surface area contributed by atoms with Crippen LogP contribution in [0.5, 0.6) is 0 Å². The first-order valence-corrected chi connectivity index (χ1v) is 7.46. The molecule has 1 aromatic rings. The second-order valence-electron chi connectivity index (χ2n) is 5.61. The lowest BCUT2D eigenvalue weighted by atomic mass is 9.99. The van der Waals surface area contributed by atoms with E-state index in [1.807, 2.05) is 11.0 Å². The quantitative estimate of drug-likeness (QED) is 0.839. The van der Waals surface area contributed by atoms with Crippen LogP contribution in [0, 0.1) is 0 Å². The summed E-state index contributed by atoms with van der Waals surface area (Å²) in [5, 5.41) is 4.51. The summed E-state index contributed by atoms with van der Waals surface area (Å²) in [6.07, 6.45) is 7.00. The summed E-state index contributed by atoms with van der Waals surface area (Å²) >= 11 is 0. The zero-order valence-electron chi connectivity index (χ0n) is 12.0. The predicted molar refractivity (Wildman–Crippen MR) is 82.3 cm³/mol. The van der Waals surface area contributed by atoms with Crippen LogP contribution in [0.15, 0.2) is 23.3 Å². The minimum absolute atomic E-state index is 0.111. The van der Waals surface area contributed by atoms with Crippen LogP contribution in [-0.4, -0.2) is 18.2 Å². The number of amides is 1. The number of hydrazone groups is 1. The lowest BCUT2D eigenvalue weighted by Crippen LogP contribution is -2.25. The van der Waals surface area contributed by atoms with E-state index in [-0.39, 0.29) is 5.91 Å². The number of carbonyl (C=O) groups excluding carboxylic acids is 1. The SMILES string of the molecule is CC(=O)N1CCc2ccc(NN=C3CCCCC3)cc21. The van der Waals surface area contributed by atoms with Crippen LogP contribution in [0.1, 0.15) is 44.6 Å². The van der Waals surface area contributed by atoms with Gasteiger partial charge in [-0.15, -0.1) is 0 Å². The first-order valence-electron chi connectivity index (χ1n) is 7.46. The number of hydrogen-bond donors (Lipinski definition) is 1. The highest BCUT2D eigenvalue weighted by atomic mass is 16.2. The number of benzene rings is 1. The Morgan fingerprint density at radius 3 is 2.75 bits per heavy atom. The lowest BCUT2D eigenvalue weighted by molar-refractivity contribution is -0.116. The van der Waals surface area contributed by atoms with Gasteiger partial charge in [0.1, 0.15) is 0 Å². The summed E-state index contributed by atoms with van der Waals surface area (Å²) in [4.78, 5) is 13.4. The third-order valence-corrected chi connectivity index (χ3v) is 4.13. The molecule has 1 N–H and O–H groups in total. The van der Waals surface area contributed by atoms with Gasteiger partial charge in [0.05, 0.1) is 5.69 Å². The molecule has 0 bridgehead atoms. The fraction of sp³-hybridized carbons (Fsp3) is 0.500. The zero-order valence-corrected chi connectivity index (χ0v) is 12.0. The van der Waals surface area contributed by atoms with E-state index >= 15 is 0 Å². The maximum Gasteiger partial charge on any atom is 0.223 e. The molecular formula is C16H21N3O. The van der Waals surface area contributed by atoms with Gasteiger partial charge in [-0.2, -0.15) is 5.10 Å². The molecular weight excluding hydrogens is 250 g/mol. The average molecular weight is 271 g/mol. The molecule has 0 spiro atoms. The zero-order chi connectivity index (χ0) is 13.9. The molecule has 0 saturated heterocycles. The van der Waals surface area contributed by atoms with Gasteiger partial charge >= 0.3 is 0 Å². The second kappa shape index (κ2) is 5.65. The topological polar surface area (TPSA) is 44.7 Å². The number of nitrogens with one attached hydrogen (secondary N) is 1. The van der Waals surface area contributed by atoms with Crippen LogP contribution < -0.4 is 10.3 Å². The molecule has 1 amide bonds. The molecule has 1 fully saturated rings. The highest BCUT2D eigenvalue weighted by Crippen LogP contribution is 2.31.